The summed E-state index contributed by atoms with van der Waals surface area (Å²) in [5.74, 6) is -0.202. The molecule has 4 aliphatic rings. The normalized spacial score (nSPS) is 19.4. The van der Waals surface area contributed by atoms with E-state index in [9.17, 15) is 14.4 Å². The number of hydrogen-bond donors (Lipinski definition) is 0. The molecule has 0 bridgehead atoms. The Labute approximate surface area is 295 Å². The lowest BCUT2D eigenvalue weighted by Crippen LogP contribution is -2.37. The molecule has 51 heavy (non-hydrogen) atoms. The van der Waals surface area contributed by atoms with Crippen molar-refractivity contribution in [3.05, 3.63) is 149 Å². The lowest BCUT2D eigenvalue weighted by Gasteiger charge is -2.43. The number of aromatic nitrogens is 2. The van der Waals surface area contributed by atoms with Crippen LogP contribution in [0.2, 0.25) is 0 Å². The number of nitrogens with zero attached hydrogens (tertiary/aromatic N) is 3. The first kappa shape index (κ1) is 28.9. The van der Waals surface area contributed by atoms with Crippen LogP contribution < -0.4 is 4.31 Å². The molecule has 246 valence electrons. The van der Waals surface area contributed by atoms with Crippen molar-refractivity contribution >= 4 is 81.4 Å². The van der Waals surface area contributed by atoms with E-state index in [1.807, 2.05) is 42.5 Å². The lowest BCUT2D eigenvalue weighted by atomic mass is 9.83. The first-order chi connectivity index (χ1) is 25.0. The minimum atomic E-state index is -2.96. The van der Waals surface area contributed by atoms with Crippen LogP contribution in [-0.2, 0) is 16.0 Å². The number of allylic oxidation sites excluding steroid dienone is 2. The van der Waals surface area contributed by atoms with E-state index in [2.05, 4.69) is 101 Å². The highest BCUT2D eigenvalue weighted by Gasteiger charge is 2.72. The zero-order chi connectivity index (χ0) is 34.2. The van der Waals surface area contributed by atoms with Crippen LogP contribution in [0, 0.1) is 0 Å². The predicted molar refractivity (Wildman–Crippen MR) is 207 cm³/mol. The summed E-state index contributed by atoms with van der Waals surface area (Å²) in [6, 6.07) is 38.9. The van der Waals surface area contributed by atoms with Crippen LogP contribution in [0.1, 0.15) is 58.4 Å². The molecule has 5 aromatic carbocycles. The first-order valence-corrected chi connectivity index (χ1v) is 19.1. The Hall–Kier alpha value is -5.92. The second-order valence-corrected chi connectivity index (χ2v) is 16.6. The highest BCUT2D eigenvalue weighted by molar-refractivity contribution is 8.76. The van der Waals surface area contributed by atoms with Crippen molar-refractivity contribution in [1.29, 1.82) is 0 Å². The summed E-state index contributed by atoms with van der Waals surface area (Å²) in [6.07, 6.45) is 6.88. The highest BCUT2D eigenvalue weighted by atomic mass is 32.3. The van der Waals surface area contributed by atoms with Gasteiger partial charge in [0.2, 0.25) is 0 Å². The Morgan fingerprint density at radius 1 is 0.667 bits per heavy atom. The Bertz CT molecular complexity index is 2750. The molecule has 1 saturated heterocycles. The molecule has 0 saturated carbocycles. The van der Waals surface area contributed by atoms with Crippen LogP contribution in [-0.4, -0.2) is 25.3 Å². The van der Waals surface area contributed by atoms with E-state index in [-0.39, 0.29) is 11.8 Å². The zero-order valence-electron chi connectivity index (χ0n) is 27.8. The third kappa shape index (κ3) is 3.56. The van der Waals surface area contributed by atoms with E-state index < -0.39 is 20.4 Å². The number of hydrogen-bond acceptors (Lipinski definition) is 3. The first-order valence-electron chi connectivity index (χ1n) is 17.5. The van der Waals surface area contributed by atoms with E-state index in [0.29, 0.717) is 17.7 Å². The molecule has 1 fully saturated rings. The minimum Gasteiger partial charge on any atom is -0.312 e. The molecule has 11 rings (SSSR count). The maximum absolute atomic E-state index is 14.5. The molecule has 2 aliphatic heterocycles. The number of benzene rings is 5. The quantitative estimate of drug-likeness (QED) is 0.138. The van der Waals surface area contributed by atoms with Gasteiger partial charge in [0.1, 0.15) is 0 Å². The fraction of sp³-hybridized carbons (Fsp3) is 0.114. The van der Waals surface area contributed by atoms with Gasteiger partial charge in [-0.3, -0.25) is 18.7 Å². The lowest BCUT2D eigenvalue weighted by molar-refractivity contribution is -0.122. The van der Waals surface area contributed by atoms with Gasteiger partial charge in [-0.1, -0.05) is 79.7 Å². The molecule has 2 aromatic heterocycles. The average molecular weight is 682 g/mol. The van der Waals surface area contributed by atoms with Crippen molar-refractivity contribution in [3.63, 3.8) is 0 Å². The summed E-state index contributed by atoms with van der Waals surface area (Å²) >= 11 is 0. The maximum atomic E-state index is 14.5. The van der Waals surface area contributed by atoms with Crippen molar-refractivity contribution in [2.75, 3.05) is 4.31 Å². The average Bonchev–Trinajstić information content (AvgIpc) is 3.43. The van der Waals surface area contributed by atoms with Gasteiger partial charge in [-0.25, -0.2) is 0 Å². The molecule has 4 heterocycles. The third-order valence-electron chi connectivity index (χ3n) is 11.3. The smallest absolute Gasteiger partial charge is 0.278 e. The number of aryl methyl sites for hydroxylation is 1. The van der Waals surface area contributed by atoms with Gasteiger partial charge in [0.25, 0.3) is 16.1 Å². The summed E-state index contributed by atoms with van der Waals surface area (Å²) in [5, 5.41) is 2.71. The van der Waals surface area contributed by atoms with Crippen molar-refractivity contribution in [2.45, 2.75) is 32.1 Å². The van der Waals surface area contributed by atoms with Gasteiger partial charge in [0.15, 0.2) is 0 Å². The Morgan fingerprint density at radius 3 is 2.08 bits per heavy atom. The topological polar surface area (TPSA) is 64.3 Å². The monoisotopic (exact) mass is 681 g/mol. The number of carbonyl (C=O) groups excluding carboxylic acids is 3. The van der Waals surface area contributed by atoms with E-state index in [4.69, 9.17) is 0 Å². The molecule has 7 heteroatoms. The maximum Gasteiger partial charge on any atom is 0.278 e. The van der Waals surface area contributed by atoms with Crippen LogP contribution >= 0.6 is 10.2 Å². The molecule has 1 unspecified atom stereocenters. The summed E-state index contributed by atoms with van der Waals surface area (Å²) in [5.41, 5.74) is 10.7. The van der Waals surface area contributed by atoms with E-state index in [1.54, 1.807) is 4.31 Å². The highest BCUT2D eigenvalue weighted by Crippen LogP contribution is 2.80. The molecule has 6 nitrogen and oxygen atoms in total. The van der Waals surface area contributed by atoms with Gasteiger partial charge in [-0.15, -0.1) is 0 Å². The van der Waals surface area contributed by atoms with Gasteiger partial charge >= 0.3 is 0 Å². The number of rotatable bonds is 3. The van der Waals surface area contributed by atoms with Gasteiger partial charge < -0.3 is 9.13 Å². The molecule has 0 radical (unpaired) electrons. The summed E-state index contributed by atoms with van der Waals surface area (Å²) < 4.78 is 6.24. The summed E-state index contributed by atoms with van der Waals surface area (Å²) in [7, 11) is -2.96. The SMILES string of the molecule is CC1CC(n2c3c(c4cc(-n5c6ccccc6c6ccccc65)ccc42)CCC=C3)=C2c3c(cccc31)C(=O)N(c1ccccc1)S21C(=O)C1=O. The number of amides is 1. The standard InChI is InChI=1S/C44H31N3O3S/c1-26-24-39(41-40-29(26)17-11-18-33(40)42(48)47(27-12-3-2-4-13-27)51(41)43(49)44(51)50)46-37-21-10-7-16-32(37)34-25-28(22-23-38(34)46)45-35-19-8-5-14-30(35)31-15-6-9-20-36(31)45/h2-6,8-15,17-23,25-26H,7,16,24H2,1H3. The van der Waals surface area contributed by atoms with Gasteiger partial charge in [-0.05, 0) is 90.9 Å². The van der Waals surface area contributed by atoms with Crippen molar-refractivity contribution in [1.82, 2.24) is 9.13 Å². The number of carbonyl (C=O) groups is 3. The van der Waals surface area contributed by atoms with Crippen molar-refractivity contribution in [2.24, 2.45) is 0 Å². The second kappa shape index (κ2) is 10.1. The summed E-state index contributed by atoms with van der Waals surface area (Å²) in [6.45, 7) is 2.19. The molecule has 2 aliphatic carbocycles. The molecular formula is C44H31N3O3S. The number of para-hydroxylation sites is 3. The van der Waals surface area contributed by atoms with E-state index >= 15 is 0 Å². The molecule has 1 amide bonds. The Balaban J connectivity index is 1.23. The number of anilines is 1. The largest absolute Gasteiger partial charge is 0.312 e. The summed E-state index contributed by atoms with van der Waals surface area (Å²) in [4.78, 5) is 43.2. The number of fused-ring (bicyclic) bond motifs is 7. The molecular weight excluding hydrogens is 651 g/mol. The predicted octanol–water partition coefficient (Wildman–Crippen LogP) is 9.98. The Morgan fingerprint density at radius 2 is 1.35 bits per heavy atom. The van der Waals surface area contributed by atoms with Crippen LogP contribution in [0.3, 0.4) is 0 Å². The fourth-order valence-electron chi connectivity index (χ4n) is 9.11. The van der Waals surface area contributed by atoms with Crippen molar-refractivity contribution in [3.8, 4) is 5.69 Å². The Kier molecular flexibility index (Phi) is 5.71. The molecule has 1 spiro atoms. The van der Waals surface area contributed by atoms with Crippen molar-refractivity contribution < 1.29 is 14.4 Å². The van der Waals surface area contributed by atoms with Gasteiger partial charge in [-0.2, -0.15) is 0 Å². The third-order valence-corrected chi connectivity index (χ3v) is 14.5. The molecule has 1 atom stereocenters. The second-order valence-electron chi connectivity index (χ2n) is 14.0. The van der Waals surface area contributed by atoms with Crippen LogP contribution in [0.4, 0.5) is 5.69 Å². The molecule has 7 aromatic rings. The van der Waals surface area contributed by atoms with Crippen LogP contribution in [0.5, 0.6) is 0 Å². The van der Waals surface area contributed by atoms with Gasteiger partial charge in [0.05, 0.1) is 27.1 Å². The zero-order valence-corrected chi connectivity index (χ0v) is 28.6. The van der Waals surface area contributed by atoms with Crippen LogP contribution in [0.25, 0.3) is 55.1 Å². The fourth-order valence-corrected chi connectivity index (χ4v) is 12.4. The minimum absolute atomic E-state index is 0.0766. The van der Waals surface area contributed by atoms with Gasteiger partial charge in [0, 0.05) is 54.6 Å². The van der Waals surface area contributed by atoms with E-state index in [0.717, 1.165) is 67.9 Å². The van der Waals surface area contributed by atoms with Crippen LogP contribution in [0.15, 0.2) is 121 Å². The van der Waals surface area contributed by atoms with E-state index in [1.165, 1.54) is 16.3 Å². The molecule has 0 N–H and O–H groups in total.